The number of aromatic nitrogens is 4. The summed E-state index contributed by atoms with van der Waals surface area (Å²) in [4.78, 5) is 25.3. The molecule has 182 valence electrons. The number of carbonyl (C=O) groups excluding carboxylic acids is 1. The summed E-state index contributed by atoms with van der Waals surface area (Å²) in [6.45, 7) is 5.80. The van der Waals surface area contributed by atoms with Crippen LogP contribution in [0.3, 0.4) is 0 Å². The predicted octanol–water partition coefficient (Wildman–Crippen LogP) is 3.84. The van der Waals surface area contributed by atoms with Gasteiger partial charge in [0.15, 0.2) is 5.65 Å². The van der Waals surface area contributed by atoms with E-state index in [4.69, 9.17) is 14.0 Å². The van der Waals surface area contributed by atoms with Crippen molar-refractivity contribution >= 4 is 24.7 Å². The van der Waals surface area contributed by atoms with Gasteiger partial charge in [-0.25, -0.2) is 20.0 Å². The normalized spacial score (nSPS) is 17.5. The van der Waals surface area contributed by atoms with Crippen LogP contribution in [0.25, 0.3) is 11.2 Å². The molecule has 0 saturated heterocycles. The van der Waals surface area contributed by atoms with Crippen molar-refractivity contribution < 1.29 is 23.4 Å². The third-order valence-electron chi connectivity index (χ3n) is 5.64. The molecule has 0 bridgehead atoms. The lowest BCUT2D eigenvalue weighted by molar-refractivity contribution is -0.154. The number of hydrogen-bond acceptors (Lipinski definition) is 8. The highest BCUT2D eigenvalue weighted by Crippen LogP contribution is 2.44. The van der Waals surface area contributed by atoms with Crippen molar-refractivity contribution in [3.05, 3.63) is 48.7 Å². The Labute approximate surface area is 198 Å². The molecule has 2 aromatic heterocycles. The summed E-state index contributed by atoms with van der Waals surface area (Å²) in [6.07, 6.45) is 5.35. The van der Waals surface area contributed by atoms with E-state index in [-0.39, 0.29) is 18.6 Å². The number of ether oxygens (including phenoxy) is 2. The van der Waals surface area contributed by atoms with E-state index in [1.54, 1.807) is 37.5 Å². The van der Waals surface area contributed by atoms with Crippen molar-refractivity contribution in [3.63, 3.8) is 0 Å². The van der Waals surface area contributed by atoms with Crippen molar-refractivity contribution in [1.29, 1.82) is 0 Å². The van der Waals surface area contributed by atoms with Gasteiger partial charge in [-0.1, -0.05) is 18.2 Å². The lowest BCUT2D eigenvalue weighted by atomic mass is 9.96. The highest BCUT2D eigenvalue weighted by atomic mass is 31.2. The van der Waals surface area contributed by atoms with Crippen LogP contribution in [0.2, 0.25) is 0 Å². The van der Waals surface area contributed by atoms with E-state index >= 15 is 0 Å². The van der Waals surface area contributed by atoms with Gasteiger partial charge in [-0.2, -0.15) is 0 Å². The Morgan fingerprint density at radius 3 is 2.68 bits per heavy atom. The molecular weight excluding hydrogens is 457 g/mol. The van der Waals surface area contributed by atoms with E-state index < -0.39 is 19.5 Å². The summed E-state index contributed by atoms with van der Waals surface area (Å²) >= 11 is 0. The molecule has 2 heterocycles. The van der Waals surface area contributed by atoms with Crippen LogP contribution in [0.1, 0.15) is 38.8 Å². The number of fused-ring (bicyclic) bond motifs is 1. The van der Waals surface area contributed by atoms with E-state index in [2.05, 4.69) is 20.0 Å². The summed E-state index contributed by atoms with van der Waals surface area (Å²) in [5.41, 5.74) is 2.23. The number of imidazole rings is 1. The van der Waals surface area contributed by atoms with Crippen molar-refractivity contribution in [2.24, 2.45) is 0 Å². The molecule has 1 aliphatic carbocycles. The average molecular weight is 487 g/mol. The smallest absolute Gasteiger partial charge is 0.342 e. The number of nitrogens with one attached hydrogen (secondary N) is 1. The standard InChI is InChI=1S/C23H30N5O5P/c1-16(12-28-14-26-21-17(2)24-13-25-22(21)28)31-15-34(30,33-20-8-5-4-6-9-20)27-18(3)23(29)32-19-10-7-11-19/h4-6,8-9,13-14,16,18-19H,7,10-12,15H2,1-3H3,(H,27,30)/t16-,18+,34-/m1/s1. The molecule has 11 heteroatoms. The minimum absolute atomic E-state index is 0.0556. The first kappa shape index (κ1) is 24.3. The van der Waals surface area contributed by atoms with E-state index in [1.807, 2.05) is 24.5 Å². The third kappa shape index (κ3) is 6.00. The predicted molar refractivity (Wildman–Crippen MR) is 126 cm³/mol. The SMILES string of the molecule is Cc1ncnc2c1ncn2C[C@@H](C)OC[P@](=O)(N[C@@H](C)C(=O)OC1CCC1)Oc1ccccc1. The Balaban J connectivity index is 1.42. The molecular formula is C23H30N5O5P. The minimum atomic E-state index is -3.61. The fraction of sp³-hybridized carbons (Fsp3) is 0.478. The second-order valence-electron chi connectivity index (χ2n) is 8.55. The van der Waals surface area contributed by atoms with Crippen molar-refractivity contribution in [2.75, 3.05) is 6.35 Å². The summed E-state index contributed by atoms with van der Waals surface area (Å²) in [6, 6.07) is 8.00. The first-order chi connectivity index (χ1) is 16.3. The molecule has 1 aliphatic rings. The number of aryl methyl sites for hydroxylation is 1. The van der Waals surface area contributed by atoms with Crippen LogP contribution >= 0.6 is 7.52 Å². The fourth-order valence-electron chi connectivity index (χ4n) is 3.53. The first-order valence-electron chi connectivity index (χ1n) is 11.4. The monoisotopic (exact) mass is 487 g/mol. The number of carbonyl (C=O) groups is 1. The second kappa shape index (κ2) is 10.6. The lowest BCUT2D eigenvalue weighted by Gasteiger charge is -2.28. The number of benzene rings is 1. The Bertz CT molecular complexity index is 1170. The topological polar surface area (TPSA) is 117 Å². The first-order valence-corrected chi connectivity index (χ1v) is 13.2. The molecule has 10 nitrogen and oxygen atoms in total. The highest BCUT2D eigenvalue weighted by molar-refractivity contribution is 7.57. The van der Waals surface area contributed by atoms with Gasteiger partial charge >= 0.3 is 13.5 Å². The van der Waals surface area contributed by atoms with E-state index in [0.29, 0.717) is 17.9 Å². The van der Waals surface area contributed by atoms with Gasteiger partial charge in [0.1, 0.15) is 36.1 Å². The maximum atomic E-state index is 13.7. The van der Waals surface area contributed by atoms with Gasteiger partial charge < -0.3 is 18.6 Å². The molecule has 1 fully saturated rings. The zero-order valence-corrected chi connectivity index (χ0v) is 20.5. The maximum absolute atomic E-state index is 13.7. The molecule has 1 N–H and O–H groups in total. The van der Waals surface area contributed by atoms with Crippen LogP contribution in [0, 0.1) is 6.92 Å². The van der Waals surface area contributed by atoms with Gasteiger partial charge in [0, 0.05) is 0 Å². The van der Waals surface area contributed by atoms with Gasteiger partial charge in [0.25, 0.3) is 0 Å². The molecule has 0 radical (unpaired) electrons. The zero-order chi connectivity index (χ0) is 24.1. The van der Waals surface area contributed by atoms with Crippen LogP contribution in [0.15, 0.2) is 43.0 Å². The molecule has 34 heavy (non-hydrogen) atoms. The lowest BCUT2D eigenvalue weighted by Crippen LogP contribution is -2.39. The Hall–Kier alpha value is -2.81. The summed E-state index contributed by atoms with van der Waals surface area (Å²) in [5, 5.41) is 2.84. The van der Waals surface area contributed by atoms with Crippen LogP contribution in [-0.2, 0) is 25.4 Å². The van der Waals surface area contributed by atoms with E-state index in [1.165, 1.54) is 6.33 Å². The molecule has 0 unspecified atom stereocenters. The van der Waals surface area contributed by atoms with Gasteiger partial charge in [-0.05, 0) is 52.2 Å². The molecule has 1 saturated carbocycles. The van der Waals surface area contributed by atoms with E-state index in [9.17, 15) is 9.36 Å². The van der Waals surface area contributed by atoms with Gasteiger partial charge in [0.2, 0.25) is 0 Å². The fourth-order valence-corrected chi connectivity index (χ4v) is 5.32. The molecule has 3 atom stereocenters. The van der Waals surface area contributed by atoms with Gasteiger partial charge in [-0.3, -0.25) is 9.36 Å². The van der Waals surface area contributed by atoms with Gasteiger partial charge in [-0.15, -0.1) is 0 Å². The van der Waals surface area contributed by atoms with Crippen molar-refractivity contribution in [1.82, 2.24) is 24.6 Å². The molecule has 4 rings (SSSR count). The summed E-state index contributed by atoms with van der Waals surface area (Å²) < 4.78 is 32.8. The third-order valence-corrected chi connectivity index (χ3v) is 7.42. The van der Waals surface area contributed by atoms with Crippen LogP contribution in [0.5, 0.6) is 5.75 Å². The second-order valence-corrected chi connectivity index (χ2v) is 10.6. The van der Waals surface area contributed by atoms with Crippen molar-refractivity contribution in [3.8, 4) is 5.75 Å². The molecule has 0 spiro atoms. The molecule has 0 aliphatic heterocycles. The minimum Gasteiger partial charge on any atom is -0.461 e. The number of rotatable bonds is 11. The summed E-state index contributed by atoms with van der Waals surface area (Å²) in [7, 11) is -3.61. The maximum Gasteiger partial charge on any atom is 0.342 e. The van der Waals surface area contributed by atoms with Crippen LogP contribution in [0.4, 0.5) is 0 Å². The van der Waals surface area contributed by atoms with Crippen LogP contribution < -0.4 is 9.61 Å². The molecule has 1 aromatic carbocycles. The largest absolute Gasteiger partial charge is 0.461 e. The number of nitrogens with zero attached hydrogens (tertiary/aromatic N) is 4. The quantitative estimate of drug-likeness (QED) is 0.318. The number of para-hydroxylation sites is 1. The van der Waals surface area contributed by atoms with Crippen molar-refractivity contribution in [2.45, 2.75) is 64.8 Å². The number of esters is 1. The summed E-state index contributed by atoms with van der Waals surface area (Å²) in [5.74, 6) is -0.0310. The van der Waals surface area contributed by atoms with E-state index in [0.717, 1.165) is 30.5 Å². The van der Waals surface area contributed by atoms with Crippen LogP contribution in [-0.4, -0.2) is 50.1 Å². The average Bonchev–Trinajstić information content (AvgIpc) is 3.19. The zero-order valence-electron chi connectivity index (χ0n) is 19.6. The number of hydrogen-bond donors (Lipinski definition) is 1. The molecule has 0 amide bonds. The Morgan fingerprint density at radius 2 is 1.97 bits per heavy atom. The molecule has 3 aromatic rings. The Morgan fingerprint density at radius 1 is 1.21 bits per heavy atom. The Kier molecular flexibility index (Phi) is 7.60. The highest BCUT2D eigenvalue weighted by Gasteiger charge is 2.33. The van der Waals surface area contributed by atoms with Gasteiger partial charge in [0.05, 0.1) is 24.7 Å².